The van der Waals surface area contributed by atoms with Gasteiger partial charge in [-0.25, -0.2) is 0 Å². The maximum atomic E-state index is 8.80. The summed E-state index contributed by atoms with van der Waals surface area (Å²) in [5, 5.41) is 8.80. The highest BCUT2D eigenvalue weighted by Gasteiger charge is 2.18. The maximum Gasteiger partial charge on any atom is 0.0766 e. The van der Waals surface area contributed by atoms with Gasteiger partial charge in [-0.2, -0.15) is 5.26 Å². The number of hydrogen-bond donors (Lipinski definition) is 0. The lowest BCUT2D eigenvalue weighted by Crippen LogP contribution is -2.13. The molecule has 70 valence electrons. The molecular weight excluding hydrogens is 158 g/mol. The van der Waals surface area contributed by atoms with Gasteiger partial charge in [0.25, 0.3) is 0 Å². The highest BCUT2D eigenvalue weighted by Crippen LogP contribution is 2.20. The van der Waals surface area contributed by atoms with Crippen LogP contribution in [0.1, 0.15) is 33.3 Å². The first kappa shape index (κ1) is 11.7. The Morgan fingerprint density at radius 1 is 1.08 bits per heavy atom. The topological polar surface area (TPSA) is 23.8 Å². The molecule has 0 atom stereocenters. The predicted molar refractivity (Wildman–Crippen MR) is 56.4 cm³/mol. The zero-order valence-corrected chi connectivity index (χ0v) is 8.83. The van der Waals surface area contributed by atoms with E-state index in [9.17, 15) is 0 Å². The number of nitriles is 1. The van der Waals surface area contributed by atoms with Gasteiger partial charge >= 0.3 is 0 Å². The van der Waals surface area contributed by atoms with Crippen molar-refractivity contribution in [2.24, 2.45) is 0 Å². The molecule has 0 saturated carbocycles. The van der Waals surface area contributed by atoms with Gasteiger partial charge in [-0.05, 0) is 19.4 Å². The van der Waals surface area contributed by atoms with Crippen molar-refractivity contribution in [1.82, 2.24) is 0 Å². The van der Waals surface area contributed by atoms with Crippen molar-refractivity contribution in [1.29, 1.82) is 5.26 Å². The van der Waals surface area contributed by atoms with Gasteiger partial charge < -0.3 is 0 Å². The van der Waals surface area contributed by atoms with Gasteiger partial charge in [0.1, 0.15) is 0 Å². The van der Waals surface area contributed by atoms with Crippen molar-refractivity contribution in [3.63, 3.8) is 0 Å². The average Bonchev–Trinajstić information content (AvgIpc) is 2.22. The predicted octanol–water partition coefficient (Wildman–Crippen LogP) is 3.51. The third-order valence-corrected chi connectivity index (χ3v) is 1.77. The summed E-state index contributed by atoms with van der Waals surface area (Å²) in [6.07, 6.45) is 0. The van der Waals surface area contributed by atoms with E-state index in [1.807, 2.05) is 58.0 Å². The van der Waals surface area contributed by atoms with E-state index < -0.39 is 0 Å². The molecule has 1 nitrogen and oxygen atoms in total. The van der Waals surface area contributed by atoms with E-state index in [0.29, 0.717) is 0 Å². The summed E-state index contributed by atoms with van der Waals surface area (Å²) in [4.78, 5) is 0. The molecule has 0 aliphatic carbocycles. The summed E-state index contributed by atoms with van der Waals surface area (Å²) >= 11 is 0. The van der Waals surface area contributed by atoms with Crippen LogP contribution in [-0.2, 0) is 5.41 Å². The first-order valence-electron chi connectivity index (χ1n) is 4.63. The standard InChI is InChI=1S/C10H11N.C2H6/c1-10(2,8-11)9-6-4-3-5-7-9;1-2/h3-7H,1-2H3;1-2H3. The van der Waals surface area contributed by atoms with Gasteiger partial charge in [0.2, 0.25) is 0 Å². The Bertz CT molecular complexity index is 267. The van der Waals surface area contributed by atoms with E-state index in [0.717, 1.165) is 5.56 Å². The summed E-state index contributed by atoms with van der Waals surface area (Å²) < 4.78 is 0. The first-order chi connectivity index (χ1) is 6.17. The largest absolute Gasteiger partial charge is 0.197 e. The summed E-state index contributed by atoms with van der Waals surface area (Å²) in [7, 11) is 0. The van der Waals surface area contributed by atoms with Crippen LogP contribution in [0, 0.1) is 11.3 Å². The fourth-order valence-electron chi connectivity index (χ4n) is 0.919. The number of nitrogens with zero attached hydrogens (tertiary/aromatic N) is 1. The van der Waals surface area contributed by atoms with Crippen LogP contribution >= 0.6 is 0 Å². The summed E-state index contributed by atoms with van der Waals surface area (Å²) in [6.45, 7) is 7.84. The van der Waals surface area contributed by atoms with Gasteiger partial charge in [0.15, 0.2) is 0 Å². The fourth-order valence-corrected chi connectivity index (χ4v) is 0.919. The molecule has 13 heavy (non-hydrogen) atoms. The van der Waals surface area contributed by atoms with E-state index in [4.69, 9.17) is 5.26 Å². The number of hydrogen-bond acceptors (Lipinski definition) is 1. The Kier molecular flexibility index (Phi) is 4.84. The molecule has 0 aliphatic heterocycles. The first-order valence-corrected chi connectivity index (χ1v) is 4.63. The SMILES string of the molecule is CC.CC(C)(C#N)c1ccccc1. The van der Waals surface area contributed by atoms with Gasteiger partial charge in [0.05, 0.1) is 11.5 Å². The summed E-state index contributed by atoms with van der Waals surface area (Å²) in [5.74, 6) is 0. The van der Waals surface area contributed by atoms with Gasteiger partial charge in [0, 0.05) is 0 Å². The molecule has 0 N–H and O–H groups in total. The van der Waals surface area contributed by atoms with Crippen LogP contribution in [0.2, 0.25) is 0 Å². The zero-order chi connectivity index (χ0) is 10.3. The van der Waals surface area contributed by atoms with Crippen molar-refractivity contribution < 1.29 is 0 Å². The lowest BCUT2D eigenvalue weighted by atomic mass is 9.87. The minimum absolute atomic E-state index is 0.360. The lowest BCUT2D eigenvalue weighted by molar-refractivity contribution is 0.687. The highest BCUT2D eigenvalue weighted by molar-refractivity contribution is 5.29. The lowest BCUT2D eigenvalue weighted by Gasteiger charge is -2.14. The van der Waals surface area contributed by atoms with Crippen LogP contribution in [0.25, 0.3) is 0 Å². The smallest absolute Gasteiger partial charge is 0.0766 e. The normalized spacial score (nSPS) is 9.46. The molecule has 1 heteroatoms. The molecule has 0 unspecified atom stereocenters. The van der Waals surface area contributed by atoms with Crippen LogP contribution < -0.4 is 0 Å². The maximum absolute atomic E-state index is 8.80. The third-order valence-electron chi connectivity index (χ3n) is 1.77. The molecule has 0 aliphatic rings. The van der Waals surface area contributed by atoms with E-state index in [1.54, 1.807) is 0 Å². The Balaban J connectivity index is 0.000000671. The van der Waals surface area contributed by atoms with Crippen molar-refractivity contribution in [2.75, 3.05) is 0 Å². The van der Waals surface area contributed by atoms with Crippen molar-refractivity contribution >= 4 is 0 Å². The number of rotatable bonds is 1. The minimum atomic E-state index is -0.360. The van der Waals surface area contributed by atoms with Gasteiger partial charge in [-0.15, -0.1) is 0 Å². The molecule has 1 rings (SSSR count). The monoisotopic (exact) mass is 175 g/mol. The molecule has 0 fully saturated rings. The Labute approximate surface area is 81.0 Å². The van der Waals surface area contributed by atoms with Gasteiger partial charge in [-0.1, -0.05) is 44.2 Å². The van der Waals surface area contributed by atoms with Crippen LogP contribution in [0.5, 0.6) is 0 Å². The zero-order valence-electron chi connectivity index (χ0n) is 8.83. The molecule has 0 bridgehead atoms. The third kappa shape index (κ3) is 3.29. The number of benzene rings is 1. The minimum Gasteiger partial charge on any atom is -0.197 e. The van der Waals surface area contributed by atoms with Crippen LogP contribution in [0.15, 0.2) is 30.3 Å². The molecule has 0 aromatic heterocycles. The van der Waals surface area contributed by atoms with Crippen molar-refractivity contribution in [2.45, 2.75) is 33.1 Å². The second kappa shape index (κ2) is 5.37. The molecule has 1 aromatic carbocycles. The Morgan fingerprint density at radius 3 is 1.92 bits per heavy atom. The summed E-state index contributed by atoms with van der Waals surface area (Å²) in [6, 6.07) is 12.1. The molecule has 0 radical (unpaired) electrons. The van der Waals surface area contributed by atoms with E-state index >= 15 is 0 Å². The second-order valence-corrected chi connectivity index (χ2v) is 3.10. The van der Waals surface area contributed by atoms with Crippen LogP contribution in [0.4, 0.5) is 0 Å². The molecule has 0 heterocycles. The Morgan fingerprint density at radius 2 is 1.54 bits per heavy atom. The average molecular weight is 175 g/mol. The van der Waals surface area contributed by atoms with E-state index in [2.05, 4.69) is 6.07 Å². The quantitative estimate of drug-likeness (QED) is 0.640. The van der Waals surface area contributed by atoms with Crippen molar-refractivity contribution in [3.8, 4) is 6.07 Å². The Hall–Kier alpha value is -1.29. The van der Waals surface area contributed by atoms with Crippen molar-refractivity contribution in [3.05, 3.63) is 35.9 Å². The molecular formula is C12H17N. The fraction of sp³-hybridized carbons (Fsp3) is 0.417. The van der Waals surface area contributed by atoms with Gasteiger partial charge in [-0.3, -0.25) is 0 Å². The van der Waals surface area contributed by atoms with Crippen LogP contribution in [0.3, 0.4) is 0 Å². The second-order valence-electron chi connectivity index (χ2n) is 3.10. The molecule has 0 saturated heterocycles. The van der Waals surface area contributed by atoms with E-state index in [-0.39, 0.29) is 5.41 Å². The molecule has 0 spiro atoms. The summed E-state index contributed by atoms with van der Waals surface area (Å²) in [5.41, 5.74) is 0.712. The van der Waals surface area contributed by atoms with E-state index in [1.165, 1.54) is 0 Å². The highest BCUT2D eigenvalue weighted by atomic mass is 14.3. The molecule has 0 amide bonds. The molecule has 1 aromatic rings. The van der Waals surface area contributed by atoms with Crippen LogP contribution in [-0.4, -0.2) is 0 Å².